The van der Waals surface area contributed by atoms with Gasteiger partial charge in [-0.05, 0) is 93.8 Å². The van der Waals surface area contributed by atoms with E-state index in [9.17, 15) is 9.59 Å². The maximum atomic E-state index is 13.2. The summed E-state index contributed by atoms with van der Waals surface area (Å²) in [4.78, 5) is 29.0. The van der Waals surface area contributed by atoms with Gasteiger partial charge in [0.2, 0.25) is 0 Å². The van der Waals surface area contributed by atoms with Crippen LogP contribution in [0.5, 0.6) is 0 Å². The van der Waals surface area contributed by atoms with Gasteiger partial charge in [-0.1, -0.05) is 155 Å². The minimum absolute atomic E-state index is 0.0334. The van der Waals surface area contributed by atoms with E-state index in [-0.39, 0.29) is 23.8 Å². The first-order valence-electron chi connectivity index (χ1n) is 21.4. The lowest BCUT2D eigenvalue weighted by Gasteiger charge is -2.25. The molecule has 0 aliphatic carbocycles. The summed E-state index contributed by atoms with van der Waals surface area (Å²) in [7, 11) is 0. The van der Waals surface area contributed by atoms with E-state index < -0.39 is 0 Å². The van der Waals surface area contributed by atoms with E-state index in [1.54, 1.807) is 0 Å². The van der Waals surface area contributed by atoms with Crippen molar-refractivity contribution in [3.05, 3.63) is 29.3 Å². The smallest absolute Gasteiger partial charge is 0.306 e. The van der Waals surface area contributed by atoms with Crippen molar-refractivity contribution in [2.24, 2.45) is 17.8 Å². The van der Waals surface area contributed by atoms with Gasteiger partial charge in [0.25, 0.3) is 0 Å². The number of hydrogen-bond donors (Lipinski definition) is 0. The summed E-state index contributed by atoms with van der Waals surface area (Å²) in [6, 6.07) is 0. The molecule has 0 bridgehead atoms. The SMILES string of the molecule is C=C=C=C=C1C(CCCCC)CC(=O)OCCCCCCCCC(CCCN(CC)CC)CCCCCCCCOC(=O)CC1CCCCC. The Morgan fingerprint density at radius 3 is 1.52 bits per heavy atom. The summed E-state index contributed by atoms with van der Waals surface area (Å²) < 4.78 is 11.6. The Kier molecular flexibility index (Phi) is 30.2. The highest BCUT2D eigenvalue weighted by Crippen LogP contribution is 2.34. The fourth-order valence-corrected chi connectivity index (χ4v) is 7.62. The fraction of sp³-hybridized carbons (Fsp3) is 0.844. The van der Waals surface area contributed by atoms with Gasteiger partial charge < -0.3 is 14.4 Å². The topological polar surface area (TPSA) is 55.8 Å². The summed E-state index contributed by atoms with van der Waals surface area (Å²) >= 11 is 0. The number of ether oxygens (including phenoxy) is 2. The van der Waals surface area contributed by atoms with E-state index in [0.29, 0.717) is 26.1 Å². The number of carbonyl (C=O) groups excluding carboxylic acids is 2. The molecule has 5 nitrogen and oxygen atoms in total. The lowest BCUT2D eigenvalue weighted by molar-refractivity contribution is -0.145. The zero-order chi connectivity index (χ0) is 36.5. The number of unbranched alkanes of at least 4 members (excludes halogenated alkanes) is 4. The first kappa shape index (κ1) is 46.0. The first-order valence-corrected chi connectivity index (χ1v) is 21.4. The molecular formula is C45H79NO4. The molecule has 5 heteroatoms. The predicted molar refractivity (Wildman–Crippen MR) is 211 cm³/mol. The Hall–Kier alpha value is -2.02. The molecule has 0 spiro atoms. The molecule has 1 rings (SSSR count). The third kappa shape index (κ3) is 24.2. The fourth-order valence-electron chi connectivity index (χ4n) is 7.62. The highest BCUT2D eigenvalue weighted by atomic mass is 16.5. The second-order valence-electron chi connectivity index (χ2n) is 15.0. The van der Waals surface area contributed by atoms with Gasteiger partial charge in [0.1, 0.15) is 0 Å². The van der Waals surface area contributed by atoms with Crippen LogP contribution in [0.4, 0.5) is 0 Å². The van der Waals surface area contributed by atoms with Crippen molar-refractivity contribution >= 4 is 11.9 Å². The monoisotopic (exact) mass is 698 g/mol. The van der Waals surface area contributed by atoms with Crippen LogP contribution in [0.1, 0.15) is 195 Å². The van der Waals surface area contributed by atoms with Crippen molar-refractivity contribution in [3.63, 3.8) is 0 Å². The van der Waals surface area contributed by atoms with Gasteiger partial charge >= 0.3 is 11.9 Å². The molecular weight excluding hydrogens is 618 g/mol. The average Bonchev–Trinajstić information content (AvgIpc) is 3.11. The number of rotatable bonds is 14. The van der Waals surface area contributed by atoms with Crippen molar-refractivity contribution in [2.45, 2.75) is 195 Å². The van der Waals surface area contributed by atoms with Gasteiger partial charge in [-0.2, -0.15) is 0 Å². The van der Waals surface area contributed by atoms with Crippen LogP contribution in [0, 0.1) is 17.8 Å². The number of hydrogen-bond acceptors (Lipinski definition) is 5. The second-order valence-corrected chi connectivity index (χ2v) is 15.0. The zero-order valence-electron chi connectivity index (χ0n) is 33.4. The van der Waals surface area contributed by atoms with E-state index in [1.807, 2.05) is 0 Å². The molecule has 0 aromatic carbocycles. The molecule has 0 N–H and O–H groups in total. The standard InChI is InChI=1S/C45H79NO4/c1-6-11-22-32-41-38-44(47)49-36-26-20-16-14-18-24-29-40(31-28-35-46(9-4)10-5)30-25-19-15-17-21-27-37-50-45(48)39-42(33-23-12-7-2)43(41)34-13-8-3/h40-42H,3,6-7,9-12,14-33,35-39H2,1-2,4-5H3. The molecule has 1 fully saturated rings. The normalized spacial score (nSPS) is 22.2. The number of allylic oxidation sites excluding steroid dienone is 1. The summed E-state index contributed by atoms with van der Waals surface area (Å²) in [5.41, 5.74) is 10.0. The van der Waals surface area contributed by atoms with Gasteiger partial charge in [0.05, 0.1) is 26.1 Å². The third-order valence-corrected chi connectivity index (χ3v) is 10.8. The summed E-state index contributed by atoms with van der Waals surface area (Å²) in [5, 5.41) is 0. The highest BCUT2D eigenvalue weighted by Gasteiger charge is 2.28. The predicted octanol–water partition coefficient (Wildman–Crippen LogP) is 12.5. The quantitative estimate of drug-likeness (QED) is 0.103. The van der Waals surface area contributed by atoms with Gasteiger partial charge in [0.15, 0.2) is 0 Å². The molecule has 0 amide bonds. The van der Waals surface area contributed by atoms with Crippen LogP contribution in [0.25, 0.3) is 0 Å². The van der Waals surface area contributed by atoms with Gasteiger partial charge in [-0.25, -0.2) is 0 Å². The minimum atomic E-state index is -0.142. The highest BCUT2D eigenvalue weighted by molar-refractivity contribution is 5.71. The van der Waals surface area contributed by atoms with Crippen molar-refractivity contribution in [1.82, 2.24) is 4.90 Å². The molecule has 0 aromatic rings. The van der Waals surface area contributed by atoms with Crippen LogP contribution in [0.3, 0.4) is 0 Å². The molecule has 50 heavy (non-hydrogen) atoms. The summed E-state index contributed by atoms with van der Waals surface area (Å²) in [6.45, 7) is 17.2. The second kappa shape index (κ2) is 32.9. The molecule has 0 aromatic heterocycles. The van der Waals surface area contributed by atoms with Crippen molar-refractivity contribution in [2.75, 3.05) is 32.8 Å². The van der Waals surface area contributed by atoms with E-state index in [1.165, 1.54) is 83.6 Å². The Balaban J connectivity index is 2.96. The number of cyclic esters (lactones) is 2. The van der Waals surface area contributed by atoms with Gasteiger partial charge in [0, 0.05) is 0 Å². The molecule has 1 saturated heterocycles. The van der Waals surface area contributed by atoms with E-state index in [0.717, 1.165) is 102 Å². The van der Waals surface area contributed by atoms with E-state index in [2.05, 4.69) is 56.4 Å². The largest absolute Gasteiger partial charge is 0.466 e. The van der Waals surface area contributed by atoms with Crippen molar-refractivity contribution in [3.8, 4) is 0 Å². The lowest BCUT2D eigenvalue weighted by Crippen LogP contribution is -2.24. The molecule has 2 unspecified atom stereocenters. The average molecular weight is 698 g/mol. The summed E-state index contributed by atoms with van der Waals surface area (Å²) in [6.07, 6.45) is 28.7. The summed E-state index contributed by atoms with van der Waals surface area (Å²) in [5.74, 6) is 0.509. The van der Waals surface area contributed by atoms with Crippen LogP contribution < -0.4 is 0 Å². The maximum absolute atomic E-state index is 13.2. The van der Waals surface area contributed by atoms with Gasteiger partial charge in [-0.3, -0.25) is 9.59 Å². The molecule has 0 radical (unpaired) electrons. The van der Waals surface area contributed by atoms with Crippen LogP contribution in [-0.4, -0.2) is 49.7 Å². The van der Waals surface area contributed by atoms with Gasteiger partial charge in [-0.15, -0.1) is 0 Å². The number of nitrogens with zero attached hydrogens (tertiary/aromatic N) is 1. The first-order chi connectivity index (χ1) is 24.5. The molecule has 0 saturated carbocycles. The minimum Gasteiger partial charge on any atom is -0.466 e. The third-order valence-electron chi connectivity index (χ3n) is 10.8. The Morgan fingerprint density at radius 2 is 1.08 bits per heavy atom. The van der Waals surface area contributed by atoms with E-state index in [4.69, 9.17) is 9.47 Å². The van der Waals surface area contributed by atoms with Crippen LogP contribution in [0.15, 0.2) is 29.3 Å². The number of esters is 2. The lowest BCUT2D eigenvalue weighted by atomic mass is 9.79. The molecule has 1 aliphatic heterocycles. The Morgan fingerprint density at radius 1 is 0.620 bits per heavy atom. The Bertz CT molecular complexity index is 916. The zero-order valence-corrected chi connectivity index (χ0v) is 33.4. The van der Waals surface area contributed by atoms with Crippen LogP contribution in [-0.2, 0) is 19.1 Å². The van der Waals surface area contributed by atoms with E-state index >= 15 is 0 Å². The molecule has 1 heterocycles. The van der Waals surface area contributed by atoms with Crippen molar-refractivity contribution in [1.29, 1.82) is 0 Å². The van der Waals surface area contributed by atoms with Crippen LogP contribution >= 0.6 is 0 Å². The van der Waals surface area contributed by atoms with Crippen LogP contribution in [0.2, 0.25) is 0 Å². The molecule has 288 valence electrons. The molecule has 2 atom stereocenters. The molecule has 1 aliphatic rings. The van der Waals surface area contributed by atoms with Crippen molar-refractivity contribution < 1.29 is 19.1 Å². The Labute approximate surface area is 309 Å². The number of carbonyl (C=O) groups is 2. The maximum Gasteiger partial charge on any atom is 0.306 e.